The van der Waals surface area contributed by atoms with Gasteiger partial charge in [-0.25, -0.2) is 0 Å². The Morgan fingerprint density at radius 1 is 1.00 bits per heavy atom. The Morgan fingerprint density at radius 3 is 1.38 bits per heavy atom. The van der Waals surface area contributed by atoms with E-state index in [4.69, 9.17) is 10.2 Å². The molecule has 0 heterocycles. The van der Waals surface area contributed by atoms with Crippen LogP contribution in [0.25, 0.3) is 0 Å². The predicted molar refractivity (Wildman–Crippen MR) is 62.1 cm³/mol. The largest absolute Gasteiger partial charge is 0.412 e. The van der Waals surface area contributed by atoms with Crippen molar-refractivity contribution in [3.05, 3.63) is 0 Å². The zero-order valence-corrected chi connectivity index (χ0v) is 9.59. The third-order valence-corrected chi connectivity index (χ3v) is 1.48. The van der Waals surface area contributed by atoms with Crippen molar-refractivity contribution in [3.63, 3.8) is 0 Å². The second-order valence-corrected chi connectivity index (χ2v) is 2.30. The fourth-order valence-corrected chi connectivity index (χ4v) is 0.697. The van der Waals surface area contributed by atoms with Crippen molar-refractivity contribution in [2.45, 2.75) is 40.0 Å². The first-order chi connectivity index (χ1) is 5.31. The van der Waals surface area contributed by atoms with Gasteiger partial charge in [-0.05, 0) is 5.92 Å². The van der Waals surface area contributed by atoms with E-state index in [1.54, 1.807) is 0 Å². The molecule has 0 aromatic rings. The van der Waals surface area contributed by atoms with Gasteiger partial charge >= 0.3 is 0 Å². The molecule has 0 amide bonds. The Kier molecular flexibility index (Phi) is 91.9. The van der Waals surface area contributed by atoms with E-state index < -0.39 is 0 Å². The van der Waals surface area contributed by atoms with Crippen molar-refractivity contribution in [1.82, 2.24) is 0 Å². The van der Waals surface area contributed by atoms with E-state index in [2.05, 4.69) is 20.8 Å². The van der Waals surface area contributed by atoms with Crippen LogP contribution in [-0.4, -0.2) is 35.4 Å². The topological polar surface area (TPSA) is 103 Å². The number of aliphatic hydroxyl groups is 2. The minimum atomic E-state index is 0. The SMILES string of the molecule is CCCC(C)CC.CO.CO.O.O.[HH].[HH]. The van der Waals surface area contributed by atoms with Crippen molar-refractivity contribution in [3.8, 4) is 0 Å². The molecular weight excluding hydrogens is 172 g/mol. The average molecular weight is 204 g/mol. The van der Waals surface area contributed by atoms with Gasteiger partial charge in [0.05, 0.1) is 0 Å². The summed E-state index contributed by atoms with van der Waals surface area (Å²) in [7, 11) is 2.00. The lowest BCUT2D eigenvalue weighted by Crippen LogP contribution is -1.88. The van der Waals surface area contributed by atoms with Crippen molar-refractivity contribution in [2.24, 2.45) is 5.92 Å². The summed E-state index contributed by atoms with van der Waals surface area (Å²) in [5.74, 6) is 0.949. The van der Waals surface area contributed by atoms with Gasteiger partial charge in [0.15, 0.2) is 0 Å². The average Bonchev–Trinajstić information content (AvgIpc) is 2.12. The molecule has 0 aliphatic heterocycles. The molecule has 4 heteroatoms. The number of hydrogen-bond acceptors (Lipinski definition) is 2. The van der Waals surface area contributed by atoms with Gasteiger partial charge in [-0.3, -0.25) is 0 Å². The summed E-state index contributed by atoms with van der Waals surface area (Å²) in [4.78, 5) is 0. The molecule has 0 aromatic carbocycles. The molecule has 0 saturated heterocycles. The second kappa shape index (κ2) is 40.8. The highest BCUT2D eigenvalue weighted by atomic mass is 16.2. The smallest absolute Gasteiger partial charge is 0.0319 e. The molecule has 13 heavy (non-hydrogen) atoms. The molecule has 6 N–H and O–H groups in total. The summed E-state index contributed by atoms with van der Waals surface area (Å²) in [5.41, 5.74) is 0. The minimum Gasteiger partial charge on any atom is -0.412 e. The Labute approximate surface area is 85.2 Å². The molecule has 1 atom stereocenters. The van der Waals surface area contributed by atoms with Gasteiger partial charge in [-0.1, -0.05) is 40.0 Å². The monoisotopic (exact) mass is 204 g/mol. The molecule has 92 valence electrons. The Bertz CT molecular complexity index is 51.1. The molecule has 0 rings (SSSR count). The maximum Gasteiger partial charge on any atom is 0.0319 e. The van der Waals surface area contributed by atoms with Gasteiger partial charge in [-0.15, -0.1) is 0 Å². The predicted octanol–water partition coefficient (Wildman–Crippen LogP) is 0.892. The van der Waals surface area contributed by atoms with Crippen LogP contribution in [0.3, 0.4) is 0 Å². The molecule has 0 aliphatic carbocycles. The third-order valence-electron chi connectivity index (χ3n) is 1.48. The van der Waals surface area contributed by atoms with E-state index in [0.29, 0.717) is 0 Å². The summed E-state index contributed by atoms with van der Waals surface area (Å²) >= 11 is 0. The Hall–Kier alpha value is -0.160. The second-order valence-electron chi connectivity index (χ2n) is 2.30. The van der Waals surface area contributed by atoms with Crippen molar-refractivity contribution in [1.29, 1.82) is 0 Å². The highest BCUT2D eigenvalue weighted by Gasteiger charge is 1.92. The van der Waals surface area contributed by atoms with Gasteiger partial charge in [0, 0.05) is 17.1 Å². The van der Waals surface area contributed by atoms with Crippen molar-refractivity contribution in [2.75, 3.05) is 14.2 Å². The van der Waals surface area contributed by atoms with Crippen LogP contribution in [0.15, 0.2) is 0 Å². The summed E-state index contributed by atoms with van der Waals surface area (Å²) in [5, 5.41) is 14.0. The molecule has 0 radical (unpaired) electrons. The molecule has 0 spiro atoms. The minimum absolute atomic E-state index is 0. The van der Waals surface area contributed by atoms with E-state index in [0.717, 1.165) is 20.1 Å². The van der Waals surface area contributed by atoms with Crippen molar-refractivity contribution < 1.29 is 24.0 Å². The van der Waals surface area contributed by atoms with E-state index >= 15 is 0 Å². The molecule has 0 bridgehead atoms. The van der Waals surface area contributed by atoms with Crippen molar-refractivity contribution >= 4 is 0 Å². The van der Waals surface area contributed by atoms with E-state index in [1.807, 2.05) is 0 Å². The molecular formula is C9H32O4. The van der Waals surface area contributed by atoms with E-state index in [1.165, 1.54) is 19.3 Å². The first-order valence-corrected chi connectivity index (χ1v) is 4.20. The maximum absolute atomic E-state index is 7.00. The quantitative estimate of drug-likeness (QED) is 0.713. The van der Waals surface area contributed by atoms with Crippen LogP contribution in [0, 0.1) is 5.92 Å². The third kappa shape index (κ3) is 48.9. The van der Waals surface area contributed by atoms with Gasteiger partial charge in [0.2, 0.25) is 0 Å². The fourth-order valence-electron chi connectivity index (χ4n) is 0.697. The molecule has 1 unspecified atom stereocenters. The number of aliphatic hydroxyl groups excluding tert-OH is 2. The molecule has 0 aliphatic rings. The van der Waals surface area contributed by atoms with Crippen LogP contribution < -0.4 is 0 Å². The zero-order valence-electron chi connectivity index (χ0n) is 9.59. The standard InChI is InChI=1S/C7H16.2CH4O.2H2O.2H2/c1-4-6-7(3)5-2;2*1-2;;;;/h7H,4-6H2,1-3H3;2*2H,1H3;2*1H2;2*1H. The first-order valence-electron chi connectivity index (χ1n) is 4.20. The van der Waals surface area contributed by atoms with Crippen LogP contribution in [0.1, 0.15) is 42.9 Å². The number of hydrogen-bond donors (Lipinski definition) is 2. The lowest BCUT2D eigenvalue weighted by atomic mass is 10.0. The lowest BCUT2D eigenvalue weighted by Gasteiger charge is -2.02. The van der Waals surface area contributed by atoms with Crippen LogP contribution in [-0.2, 0) is 0 Å². The normalized spacial score (nSPS) is 8.54. The molecule has 0 aromatic heterocycles. The fraction of sp³-hybridized carbons (Fsp3) is 1.00. The van der Waals surface area contributed by atoms with Gasteiger partial charge in [0.1, 0.15) is 0 Å². The Morgan fingerprint density at radius 2 is 1.31 bits per heavy atom. The summed E-state index contributed by atoms with van der Waals surface area (Å²) < 4.78 is 0. The van der Waals surface area contributed by atoms with E-state index in [9.17, 15) is 0 Å². The zero-order chi connectivity index (χ0) is 9.70. The maximum atomic E-state index is 7.00. The number of rotatable bonds is 3. The summed E-state index contributed by atoms with van der Waals surface area (Å²) in [6.45, 7) is 6.80. The van der Waals surface area contributed by atoms with Gasteiger partial charge < -0.3 is 21.2 Å². The molecule has 4 nitrogen and oxygen atoms in total. The summed E-state index contributed by atoms with van der Waals surface area (Å²) in [6.07, 6.45) is 4.08. The van der Waals surface area contributed by atoms with E-state index in [-0.39, 0.29) is 13.8 Å². The Balaban J connectivity index is -0.0000000145. The highest BCUT2D eigenvalue weighted by Crippen LogP contribution is 2.07. The van der Waals surface area contributed by atoms with Gasteiger partial charge in [-0.2, -0.15) is 0 Å². The van der Waals surface area contributed by atoms with Crippen LogP contribution in [0.4, 0.5) is 0 Å². The molecule has 0 saturated carbocycles. The lowest BCUT2D eigenvalue weighted by molar-refractivity contribution is 0.399. The molecule has 0 fully saturated rings. The van der Waals surface area contributed by atoms with Crippen LogP contribution >= 0.6 is 0 Å². The summed E-state index contributed by atoms with van der Waals surface area (Å²) in [6, 6.07) is 0. The highest BCUT2D eigenvalue weighted by molar-refractivity contribution is 4.45. The van der Waals surface area contributed by atoms with Gasteiger partial charge in [0.25, 0.3) is 0 Å². The van der Waals surface area contributed by atoms with Crippen LogP contribution in [0.5, 0.6) is 0 Å². The van der Waals surface area contributed by atoms with Crippen LogP contribution in [0.2, 0.25) is 0 Å². The first kappa shape index (κ1) is 29.3.